The van der Waals surface area contributed by atoms with Crippen molar-refractivity contribution >= 4 is 0 Å². The van der Waals surface area contributed by atoms with Crippen molar-refractivity contribution in [3.05, 3.63) is 35.1 Å². The van der Waals surface area contributed by atoms with Gasteiger partial charge < -0.3 is 10.0 Å². The summed E-state index contributed by atoms with van der Waals surface area (Å²) in [5.74, 6) is -3.83. The second-order valence-electron chi connectivity index (χ2n) is 6.19. The Morgan fingerprint density at radius 1 is 1.15 bits per heavy atom. The van der Waals surface area contributed by atoms with Gasteiger partial charge in [-0.3, -0.25) is 0 Å². The minimum absolute atomic E-state index is 0.0386. The van der Waals surface area contributed by atoms with E-state index in [1.807, 2.05) is 7.05 Å². The number of nitrogens with zero attached hydrogens (tertiary/aromatic N) is 1. The van der Waals surface area contributed by atoms with Crippen LogP contribution in [0.4, 0.5) is 13.2 Å². The summed E-state index contributed by atoms with van der Waals surface area (Å²) in [7, 11) is 2.04. The molecule has 3 rings (SSSR count). The Morgan fingerprint density at radius 2 is 1.75 bits per heavy atom. The van der Waals surface area contributed by atoms with E-state index in [2.05, 4.69) is 4.90 Å². The highest BCUT2D eigenvalue weighted by atomic mass is 19.2. The lowest BCUT2D eigenvalue weighted by atomic mass is 9.81. The third kappa shape index (κ3) is 2.23. The van der Waals surface area contributed by atoms with Crippen molar-refractivity contribution in [1.29, 1.82) is 0 Å². The first-order valence-corrected chi connectivity index (χ1v) is 6.96. The Morgan fingerprint density at radius 3 is 2.35 bits per heavy atom. The van der Waals surface area contributed by atoms with Gasteiger partial charge in [-0.15, -0.1) is 0 Å². The summed E-state index contributed by atoms with van der Waals surface area (Å²) in [6.45, 7) is 0. The Hall–Kier alpha value is -1.07. The van der Waals surface area contributed by atoms with Crippen LogP contribution in [0.25, 0.3) is 0 Å². The Bertz CT molecular complexity index is 520. The molecule has 20 heavy (non-hydrogen) atoms. The highest BCUT2D eigenvalue weighted by Gasteiger charge is 2.46. The predicted molar refractivity (Wildman–Crippen MR) is 68.8 cm³/mol. The van der Waals surface area contributed by atoms with Gasteiger partial charge in [-0.2, -0.15) is 0 Å². The van der Waals surface area contributed by atoms with E-state index in [0.29, 0.717) is 24.9 Å². The molecule has 2 heterocycles. The molecule has 1 N–H and O–H groups in total. The molecule has 1 aromatic carbocycles. The van der Waals surface area contributed by atoms with E-state index in [4.69, 9.17) is 0 Å². The number of halogens is 3. The standard InChI is InChI=1S/C15H18F3NO/c1-19-10-3-4-11(19)8-15(20,7-10)6-9-2-5-12(16)14(18)13(9)17/h2,5,10-11,20H,3-4,6-8H2,1H3. The van der Waals surface area contributed by atoms with Crippen molar-refractivity contribution in [1.82, 2.24) is 4.90 Å². The molecule has 5 heteroatoms. The lowest BCUT2D eigenvalue weighted by molar-refractivity contribution is -0.0443. The van der Waals surface area contributed by atoms with Gasteiger partial charge in [-0.05, 0) is 44.4 Å². The number of aliphatic hydroxyl groups is 1. The molecule has 2 bridgehead atoms. The molecule has 0 aromatic heterocycles. The van der Waals surface area contributed by atoms with E-state index in [9.17, 15) is 18.3 Å². The number of benzene rings is 1. The van der Waals surface area contributed by atoms with Gasteiger partial charge in [0.05, 0.1) is 5.60 Å². The normalized spacial score (nSPS) is 33.6. The molecular weight excluding hydrogens is 267 g/mol. The molecule has 0 aliphatic carbocycles. The number of fused-ring (bicyclic) bond motifs is 2. The molecule has 0 amide bonds. The smallest absolute Gasteiger partial charge is 0.194 e. The van der Waals surface area contributed by atoms with Gasteiger partial charge in [0.1, 0.15) is 0 Å². The van der Waals surface area contributed by atoms with Gasteiger partial charge in [0.15, 0.2) is 17.5 Å². The lowest BCUT2D eigenvalue weighted by Crippen LogP contribution is -2.50. The molecule has 2 aliphatic heterocycles. The number of hydrogen-bond acceptors (Lipinski definition) is 2. The van der Waals surface area contributed by atoms with Crippen LogP contribution in [-0.2, 0) is 6.42 Å². The first kappa shape index (κ1) is 13.9. The summed E-state index contributed by atoms with van der Waals surface area (Å²) < 4.78 is 39.9. The van der Waals surface area contributed by atoms with Gasteiger partial charge in [-0.1, -0.05) is 6.07 Å². The van der Waals surface area contributed by atoms with Crippen molar-refractivity contribution in [3.8, 4) is 0 Å². The summed E-state index contributed by atoms with van der Waals surface area (Å²) in [5, 5.41) is 10.7. The van der Waals surface area contributed by atoms with E-state index in [1.165, 1.54) is 6.07 Å². The molecule has 1 aromatic rings. The Balaban J connectivity index is 1.83. The van der Waals surface area contributed by atoms with E-state index < -0.39 is 23.1 Å². The Labute approximate surface area is 116 Å². The van der Waals surface area contributed by atoms with Gasteiger partial charge in [0.25, 0.3) is 0 Å². The molecule has 2 atom stereocenters. The zero-order valence-corrected chi connectivity index (χ0v) is 11.4. The molecule has 2 nitrogen and oxygen atoms in total. The number of piperidine rings is 1. The van der Waals surface area contributed by atoms with Gasteiger partial charge >= 0.3 is 0 Å². The SMILES string of the molecule is CN1C2CCC1CC(O)(Cc1ccc(F)c(F)c1F)C2. The fraction of sp³-hybridized carbons (Fsp3) is 0.600. The van der Waals surface area contributed by atoms with Crippen LogP contribution in [-0.4, -0.2) is 34.7 Å². The van der Waals surface area contributed by atoms with Crippen molar-refractivity contribution in [2.24, 2.45) is 0 Å². The average Bonchev–Trinajstić information content (AvgIpc) is 2.63. The van der Waals surface area contributed by atoms with Crippen LogP contribution in [0.3, 0.4) is 0 Å². The van der Waals surface area contributed by atoms with Crippen LogP contribution in [0.2, 0.25) is 0 Å². The van der Waals surface area contributed by atoms with Gasteiger partial charge in [0, 0.05) is 18.5 Å². The first-order chi connectivity index (χ1) is 9.39. The van der Waals surface area contributed by atoms with E-state index >= 15 is 0 Å². The van der Waals surface area contributed by atoms with E-state index in [-0.39, 0.29) is 12.0 Å². The summed E-state index contributed by atoms with van der Waals surface area (Å²) in [6, 6.07) is 2.74. The molecule has 2 unspecified atom stereocenters. The lowest BCUT2D eigenvalue weighted by Gasteiger charge is -2.42. The second kappa shape index (κ2) is 4.74. The van der Waals surface area contributed by atoms with E-state index in [1.54, 1.807) is 0 Å². The monoisotopic (exact) mass is 285 g/mol. The molecule has 2 saturated heterocycles. The topological polar surface area (TPSA) is 23.5 Å². The largest absolute Gasteiger partial charge is 0.389 e. The second-order valence-corrected chi connectivity index (χ2v) is 6.19. The van der Waals surface area contributed by atoms with Crippen molar-refractivity contribution in [3.63, 3.8) is 0 Å². The average molecular weight is 285 g/mol. The molecule has 0 spiro atoms. The molecule has 2 aliphatic rings. The zero-order chi connectivity index (χ0) is 14.5. The fourth-order valence-corrected chi connectivity index (χ4v) is 3.74. The third-order valence-electron chi connectivity index (χ3n) is 4.85. The quantitative estimate of drug-likeness (QED) is 0.844. The molecule has 110 valence electrons. The first-order valence-electron chi connectivity index (χ1n) is 6.96. The Kier molecular flexibility index (Phi) is 3.29. The third-order valence-corrected chi connectivity index (χ3v) is 4.85. The van der Waals surface area contributed by atoms with Crippen molar-refractivity contribution < 1.29 is 18.3 Å². The summed E-state index contributed by atoms with van der Waals surface area (Å²) in [6.07, 6.45) is 3.21. The maximum Gasteiger partial charge on any atom is 0.194 e. The predicted octanol–water partition coefficient (Wildman–Crippen LogP) is 2.63. The highest BCUT2D eigenvalue weighted by molar-refractivity contribution is 5.23. The summed E-state index contributed by atoms with van der Waals surface area (Å²) >= 11 is 0. The van der Waals surface area contributed by atoms with Gasteiger partial charge in [-0.25, -0.2) is 13.2 Å². The van der Waals surface area contributed by atoms with Crippen LogP contribution in [0.1, 0.15) is 31.2 Å². The van der Waals surface area contributed by atoms with Crippen LogP contribution in [0.5, 0.6) is 0 Å². The molecule has 2 fully saturated rings. The van der Waals surface area contributed by atoms with Gasteiger partial charge in [0.2, 0.25) is 0 Å². The maximum absolute atomic E-state index is 13.7. The zero-order valence-electron chi connectivity index (χ0n) is 11.4. The highest BCUT2D eigenvalue weighted by Crippen LogP contribution is 2.41. The van der Waals surface area contributed by atoms with Crippen LogP contribution in [0, 0.1) is 17.5 Å². The summed E-state index contributed by atoms with van der Waals surface area (Å²) in [5.41, 5.74) is -0.973. The number of hydrogen-bond donors (Lipinski definition) is 1. The minimum Gasteiger partial charge on any atom is -0.389 e. The maximum atomic E-state index is 13.7. The van der Waals surface area contributed by atoms with Crippen molar-refractivity contribution in [2.45, 2.75) is 49.8 Å². The van der Waals surface area contributed by atoms with Crippen molar-refractivity contribution in [2.75, 3.05) is 7.05 Å². The summed E-state index contributed by atoms with van der Waals surface area (Å²) in [4.78, 5) is 2.26. The minimum atomic E-state index is -1.46. The van der Waals surface area contributed by atoms with Crippen LogP contribution in [0.15, 0.2) is 12.1 Å². The van der Waals surface area contributed by atoms with E-state index in [0.717, 1.165) is 18.9 Å². The van der Waals surface area contributed by atoms with Crippen LogP contribution >= 0.6 is 0 Å². The van der Waals surface area contributed by atoms with Crippen LogP contribution < -0.4 is 0 Å². The number of rotatable bonds is 2. The fourth-order valence-electron chi connectivity index (χ4n) is 3.74. The molecular formula is C15H18F3NO. The molecule has 0 saturated carbocycles. The molecule has 0 radical (unpaired) electrons.